The Morgan fingerprint density at radius 3 is 2.33 bits per heavy atom. The normalized spacial score (nSPS) is 34.4. The van der Waals surface area contributed by atoms with E-state index in [-0.39, 0.29) is 0 Å². The number of likely N-dealkylation sites (tertiary alicyclic amines) is 2. The molecule has 2 aliphatic rings. The van der Waals surface area contributed by atoms with Gasteiger partial charge in [-0.1, -0.05) is 6.92 Å². The lowest BCUT2D eigenvalue weighted by Gasteiger charge is -2.42. The van der Waals surface area contributed by atoms with Crippen molar-refractivity contribution in [3.05, 3.63) is 0 Å². The van der Waals surface area contributed by atoms with Crippen LogP contribution in [0.4, 0.5) is 0 Å². The van der Waals surface area contributed by atoms with Crippen LogP contribution in [0, 0.1) is 11.8 Å². The summed E-state index contributed by atoms with van der Waals surface area (Å²) in [5.74, 6) is 1.93. The van der Waals surface area contributed by atoms with Crippen LogP contribution in [0.1, 0.15) is 34.1 Å². The third-order valence-corrected chi connectivity index (χ3v) is 4.27. The van der Waals surface area contributed by atoms with Gasteiger partial charge in [0.05, 0.1) is 0 Å². The fourth-order valence-electron chi connectivity index (χ4n) is 3.13. The number of rotatable bonds is 1. The van der Waals surface area contributed by atoms with Crippen LogP contribution in [0.5, 0.6) is 0 Å². The van der Waals surface area contributed by atoms with Gasteiger partial charge in [0.1, 0.15) is 0 Å². The molecule has 15 heavy (non-hydrogen) atoms. The zero-order valence-corrected chi connectivity index (χ0v) is 10.8. The van der Waals surface area contributed by atoms with E-state index in [9.17, 15) is 0 Å². The Bertz CT molecular complexity index is 219. The van der Waals surface area contributed by atoms with Gasteiger partial charge in [-0.3, -0.25) is 4.90 Å². The first-order chi connectivity index (χ1) is 7.00. The third kappa shape index (κ3) is 2.36. The average molecular weight is 210 g/mol. The van der Waals surface area contributed by atoms with Crippen LogP contribution in [-0.2, 0) is 0 Å². The van der Waals surface area contributed by atoms with Crippen molar-refractivity contribution in [2.75, 3.05) is 32.7 Å². The Hall–Kier alpha value is -0.0800. The maximum absolute atomic E-state index is 2.67. The molecule has 88 valence electrons. The summed E-state index contributed by atoms with van der Waals surface area (Å²) in [6, 6.07) is 0. The number of piperidine rings is 1. The van der Waals surface area contributed by atoms with Crippen LogP contribution < -0.4 is 0 Å². The van der Waals surface area contributed by atoms with Crippen LogP contribution in [0.3, 0.4) is 0 Å². The monoisotopic (exact) mass is 210 g/mol. The van der Waals surface area contributed by atoms with Crippen molar-refractivity contribution in [3.8, 4) is 0 Å². The molecule has 2 nitrogen and oxygen atoms in total. The Labute approximate surface area is 94.6 Å². The smallest absolute Gasteiger partial charge is 0.0125 e. The summed E-state index contributed by atoms with van der Waals surface area (Å²) in [6.07, 6.45) is 1.42. The lowest BCUT2D eigenvalue weighted by atomic mass is 9.86. The molecular weight excluding hydrogens is 184 g/mol. The van der Waals surface area contributed by atoms with E-state index < -0.39 is 0 Å². The van der Waals surface area contributed by atoms with E-state index in [0.717, 1.165) is 11.8 Å². The van der Waals surface area contributed by atoms with Crippen molar-refractivity contribution < 1.29 is 0 Å². The number of fused-ring (bicyclic) bond motifs is 1. The maximum Gasteiger partial charge on any atom is 0.0125 e. The topological polar surface area (TPSA) is 6.48 Å². The second-order valence-corrected chi connectivity index (χ2v) is 6.28. The first-order valence-electron chi connectivity index (χ1n) is 6.48. The highest BCUT2D eigenvalue weighted by molar-refractivity contribution is 4.92. The summed E-state index contributed by atoms with van der Waals surface area (Å²) in [4.78, 5) is 5.30. The van der Waals surface area contributed by atoms with Crippen molar-refractivity contribution >= 4 is 0 Å². The molecule has 0 N–H and O–H groups in total. The van der Waals surface area contributed by atoms with Crippen LogP contribution in [-0.4, -0.2) is 48.1 Å². The lowest BCUT2D eigenvalue weighted by Crippen LogP contribution is -2.49. The minimum Gasteiger partial charge on any atom is -0.303 e. The molecule has 0 amide bonds. The maximum atomic E-state index is 2.67. The largest absolute Gasteiger partial charge is 0.303 e. The Morgan fingerprint density at radius 2 is 1.73 bits per heavy atom. The van der Waals surface area contributed by atoms with Gasteiger partial charge in [-0.2, -0.15) is 0 Å². The predicted octanol–water partition coefficient (Wildman–Crippen LogP) is 2.06. The molecule has 2 aliphatic heterocycles. The van der Waals surface area contributed by atoms with Gasteiger partial charge in [0.15, 0.2) is 0 Å². The fraction of sp³-hybridized carbons (Fsp3) is 1.00. The van der Waals surface area contributed by atoms with E-state index in [2.05, 4.69) is 37.5 Å². The van der Waals surface area contributed by atoms with Crippen LogP contribution in [0.15, 0.2) is 0 Å². The molecule has 0 aromatic carbocycles. The molecule has 2 heteroatoms. The number of hydrogen-bond donors (Lipinski definition) is 0. The fourth-order valence-corrected chi connectivity index (χ4v) is 3.13. The van der Waals surface area contributed by atoms with Gasteiger partial charge in [0, 0.05) is 25.2 Å². The Morgan fingerprint density at radius 1 is 1.07 bits per heavy atom. The van der Waals surface area contributed by atoms with Gasteiger partial charge in [-0.15, -0.1) is 0 Å². The minimum atomic E-state index is 0.366. The second-order valence-electron chi connectivity index (χ2n) is 6.28. The van der Waals surface area contributed by atoms with Crippen molar-refractivity contribution in [1.29, 1.82) is 0 Å². The van der Waals surface area contributed by atoms with E-state index in [1.54, 1.807) is 0 Å². The first-order valence-corrected chi connectivity index (χ1v) is 6.48. The van der Waals surface area contributed by atoms with Gasteiger partial charge in [-0.05, 0) is 52.1 Å². The highest BCUT2D eigenvalue weighted by Gasteiger charge is 2.38. The zero-order valence-electron chi connectivity index (χ0n) is 10.8. The average Bonchev–Trinajstić information content (AvgIpc) is 2.57. The van der Waals surface area contributed by atoms with Crippen molar-refractivity contribution in [3.63, 3.8) is 0 Å². The summed E-state index contributed by atoms with van der Waals surface area (Å²) in [5.41, 5.74) is 0.366. The molecule has 2 fully saturated rings. The molecule has 0 saturated carbocycles. The molecular formula is C13H26N2. The standard InChI is InChI=1S/C13H26N2/c1-5-14-8-11-6-7-15(13(2,3)4)10-12(11)9-14/h11-12H,5-10H2,1-4H3. The summed E-state index contributed by atoms with van der Waals surface area (Å²) in [6.45, 7) is 15.9. The van der Waals surface area contributed by atoms with E-state index in [1.807, 2.05) is 0 Å². The molecule has 0 radical (unpaired) electrons. The molecule has 0 aromatic rings. The van der Waals surface area contributed by atoms with E-state index in [1.165, 1.54) is 39.1 Å². The van der Waals surface area contributed by atoms with E-state index in [4.69, 9.17) is 0 Å². The lowest BCUT2D eigenvalue weighted by molar-refractivity contribution is 0.0642. The zero-order chi connectivity index (χ0) is 11.1. The van der Waals surface area contributed by atoms with Crippen molar-refractivity contribution in [2.24, 2.45) is 11.8 Å². The van der Waals surface area contributed by atoms with Crippen LogP contribution in [0.2, 0.25) is 0 Å². The summed E-state index contributed by atoms with van der Waals surface area (Å²) in [5, 5.41) is 0. The molecule has 2 heterocycles. The molecule has 2 saturated heterocycles. The molecule has 0 spiro atoms. The third-order valence-electron chi connectivity index (χ3n) is 4.27. The molecule has 0 aromatic heterocycles. The quantitative estimate of drug-likeness (QED) is 0.653. The Kier molecular flexibility index (Phi) is 3.09. The number of hydrogen-bond acceptors (Lipinski definition) is 2. The van der Waals surface area contributed by atoms with Gasteiger partial charge in [-0.25, -0.2) is 0 Å². The molecule has 2 atom stereocenters. The molecule has 2 rings (SSSR count). The summed E-state index contributed by atoms with van der Waals surface area (Å²) in [7, 11) is 0. The van der Waals surface area contributed by atoms with Crippen molar-refractivity contribution in [2.45, 2.75) is 39.7 Å². The minimum absolute atomic E-state index is 0.366. The van der Waals surface area contributed by atoms with Gasteiger partial charge in [0.25, 0.3) is 0 Å². The van der Waals surface area contributed by atoms with E-state index >= 15 is 0 Å². The Balaban J connectivity index is 1.95. The molecule has 0 aliphatic carbocycles. The highest BCUT2D eigenvalue weighted by atomic mass is 15.2. The van der Waals surface area contributed by atoms with Crippen molar-refractivity contribution in [1.82, 2.24) is 9.80 Å². The van der Waals surface area contributed by atoms with E-state index in [0.29, 0.717) is 5.54 Å². The molecule has 0 bridgehead atoms. The van der Waals surface area contributed by atoms with Crippen LogP contribution >= 0.6 is 0 Å². The first kappa shape index (κ1) is 11.4. The van der Waals surface area contributed by atoms with Gasteiger partial charge >= 0.3 is 0 Å². The van der Waals surface area contributed by atoms with Gasteiger partial charge in [0.2, 0.25) is 0 Å². The summed E-state index contributed by atoms with van der Waals surface area (Å²) < 4.78 is 0. The van der Waals surface area contributed by atoms with Crippen LogP contribution in [0.25, 0.3) is 0 Å². The second kappa shape index (κ2) is 4.06. The predicted molar refractivity (Wildman–Crippen MR) is 65.0 cm³/mol. The number of nitrogens with zero attached hydrogens (tertiary/aromatic N) is 2. The highest BCUT2D eigenvalue weighted by Crippen LogP contribution is 2.33. The summed E-state index contributed by atoms with van der Waals surface area (Å²) >= 11 is 0. The van der Waals surface area contributed by atoms with Gasteiger partial charge < -0.3 is 4.90 Å². The molecule has 2 unspecified atom stereocenters. The SMILES string of the molecule is CCN1CC2CCN(C(C)(C)C)CC2C1.